The van der Waals surface area contributed by atoms with Crippen molar-refractivity contribution < 1.29 is 4.74 Å². The molecule has 1 aliphatic rings. The number of nitrogens with one attached hydrogen (secondary N) is 1. The summed E-state index contributed by atoms with van der Waals surface area (Å²) >= 11 is 0. The summed E-state index contributed by atoms with van der Waals surface area (Å²) in [6, 6.07) is 4.26. The highest BCUT2D eigenvalue weighted by atomic mass is 16.5. The number of hydrogen-bond acceptors (Lipinski definition) is 4. The van der Waals surface area contributed by atoms with Crippen molar-refractivity contribution in [2.45, 2.75) is 25.8 Å². The van der Waals surface area contributed by atoms with Crippen molar-refractivity contribution in [1.29, 1.82) is 0 Å². The number of anilines is 2. The first kappa shape index (κ1) is 10.1. The minimum absolute atomic E-state index is 0.493. The van der Waals surface area contributed by atoms with Crippen molar-refractivity contribution in [3.63, 3.8) is 0 Å². The molecule has 1 aromatic rings. The maximum atomic E-state index is 5.68. The molecule has 0 amide bonds. The third-order valence-corrected chi connectivity index (χ3v) is 2.81. The topological polar surface area (TPSA) is 60.2 Å². The summed E-state index contributed by atoms with van der Waals surface area (Å²) < 4.78 is 5.06. The average molecular weight is 207 g/mol. The van der Waals surface area contributed by atoms with Crippen LogP contribution in [0, 0.1) is 5.92 Å². The molecule has 1 aromatic heterocycles. The lowest BCUT2D eigenvalue weighted by Gasteiger charge is -2.33. The fourth-order valence-corrected chi connectivity index (χ4v) is 1.92. The lowest BCUT2D eigenvalue weighted by atomic mass is 9.82. The molecule has 0 spiro atoms. The number of nitrogen functional groups attached to an aromatic ring is 1. The van der Waals surface area contributed by atoms with Gasteiger partial charge in [-0.3, -0.25) is 0 Å². The maximum Gasteiger partial charge on any atom is 0.238 e. The van der Waals surface area contributed by atoms with Gasteiger partial charge in [-0.05, 0) is 30.9 Å². The smallest absolute Gasteiger partial charge is 0.238 e. The van der Waals surface area contributed by atoms with E-state index in [1.165, 1.54) is 12.8 Å². The Kier molecular flexibility index (Phi) is 2.66. The average Bonchev–Trinajstić information content (AvgIpc) is 2.18. The van der Waals surface area contributed by atoms with Gasteiger partial charge in [0.25, 0.3) is 0 Å². The molecule has 82 valence electrons. The summed E-state index contributed by atoms with van der Waals surface area (Å²) in [5, 5.41) is 3.36. The molecule has 0 unspecified atom stereocenters. The van der Waals surface area contributed by atoms with Crippen molar-refractivity contribution in [2.24, 2.45) is 5.92 Å². The van der Waals surface area contributed by atoms with Gasteiger partial charge in [0.1, 0.15) is 5.82 Å². The van der Waals surface area contributed by atoms with Gasteiger partial charge in [-0.25, -0.2) is 0 Å². The van der Waals surface area contributed by atoms with Gasteiger partial charge in [0.05, 0.1) is 12.8 Å². The molecule has 0 atom stereocenters. The van der Waals surface area contributed by atoms with E-state index in [0.29, 0.717) is 17.6 Å². The second kappa shape index (κ2) is 3.96. The Labute approximate surface area is 89.8 Å². The number of aromatic nitrogens is 1. The van der Waals surface area contributed by atoms with Crippen molar-refractivity contribution >= 4 is 11.5 Å². The van der Waals surface area contributed by atoms with E-state index in [0.717, 1.165) is 11.7 Å². The Morgan fingerprint density at radius 1 is 1.47 bits per heavy atom. The van der Waals surface area contributed by atoms with Crippen LogP contribution in [0.4, 0.5) is 11.5 Å². The van der Waals surface area contributed by atoms with Crippen LogP contribution < -0.4 is 15.8 Å². The van der Waals surface area contributed by atoms with E-state index in [2.05, 4.69) is 17.2 Å². The Morgan fingerprint density at radius 3 is 2.80 bits per heavy atom. The van der Waals surface area contributed by atoms with Gasteiger partial charge < -0.3 is 15.8 Å². The third-order valence-electron chi connectivity index (χ3n) is 2.81. The van der Waals surface area contributed by atoms with Crippen LogP contribution in [0.5, 0.6) is 5.88 Å². The van der Waals surface area contributed by atoms with Crippen LogP contribution in [0.15, 0.2) is 12.1 Å². The van der Waals surface area contributed by atoms with Gasteiger partial charge in [0.2, 0.25) is 5.88 Å². The van der Waals surface area contributed by atoms with Crippen LogP contribution in [0.25, 0.3) is 0 Å². The molecule has 0 saturated heterocycles. The largest absolute Gasteiger partial charge is 0.479 e. The van der Waals surface area contributed by atoms with Crippen molar-refractivity contribution in [3.05, 3.63) is 12.1 Å². The summed E-state index contributed by atoms with van der Waals surface area (Å²) in [4.78, 5) is 4.28. The van der Waals surface area contributed by atoms with Gasteiger partial charge in [-0.1, -0.05) is 6.92 Å². The third kappa shape index (κ3) is 2.14. The van der Waals surface area contributed by atoms with E-state index in [1.54, 1.807) is 7.11 Å². The number of nitrogens with two attached hydrogens (primary N) is 1. The molecule has 15 heavy (non-hydrogen) atoms. The number of hydrogen-bond donors (Lipinski definition) is 2. The summed E-state index contributed by atoms with van der Waals surface area (Å²) in [5.74, 6) is 2.17. The predicted molar refractivity (Wildman–Crippen MR) is 61.0 cm³/mol. The molecular formula is C11H17N3O. The monoisotopic (exact) mass is 207 g/mol. The fourth-order valence-electron chi connectivity index (χ4n) is 1.92. The van der Waals surface area contributed by atoms with Gasteiger partial charge >= 0.3 is 0 Å². The SMILES string of the molecule is COc1nc(NC2CC(C)C2)ccc1N. The first-order valence-electron chi connectivity index (χ1n) is 5.26. The Bertz CT molecular complexity index is 348. The highest BCUT2D eigenvalue weighted by molar-refractivity contribution is 5.53. The summed E-state index contributed by atoms with van der Waals surface area (Å²) in [6.07, 6.45) is 2.43. The van der Waals surface area contributed by atoms with Crippen LogP contribution >= 0.6 is 0 Å². The molecule has 0 aromatic carbocycles. The molecule has 1 aliphatic carbocycles. The highest BCUT2D eigenvalue weighted by Crippen LogP contribution is 2.30. The maximum absolute atomic E-state index is 5.68. The van der Waals surface area contributed by atoms with Crippen LogP contribution in [-0.4, -0.2) is 18.1 Å². The second-order valence-corrected chi connectivity index (χ2v) is 4.21. The second-order valence-electron chi connectivity index (χ2n) is 4.21. The zero-order chi connectivity index (χ0) is 10.8. The molecule has 2 rings (SSSR count). The Hall–Kier alpha value is -1.45. The molecule has 3 N–H and O–H groups in total. The molecular weight excluding hydrogens is 190 g/mol. The highest BCUT2D eigenvalue weighted by Gasteiger charge is 2.25. The summed E-state index contributed by atoms with van der Waals surface area (Å²) in [5.41, 5.74) is 6.26. The quantitative estimate of drug-likeness (QED) is 0.794. The molecule has 0 radical (unpaired) electrons. The zero-order valence-corrected chi connectivity index (χ0v) is 9.16. The summed E-state index contributed by atoms with van der Waals surface area (Å²) in [6.45, 7) is 2.26. The van der Waals surface area contributed by atoms with Crippen LogP contribution in [0.3, 0.4) is 0 Å². The lowest BCUT2D eigenvalue weighted by Crippen LogP contribution is -2.34. The van der Waals surface area contributed by atoms with E-state index in [4.69, 9.17) is 10.5 Å². The van der Waals surface area contributed by atoms with E-state index in [-0.39, 0.29) is 0 Å². The number of pyridine rings is 1. The van der Waals surface area contributed by atoms with Gasteiger partial charge in [-0.2, -0.15) is 4.98 Å². The van der Waals surface area contributed by atoms with E-state index in [1.807, 2.05) is 12.1 Å². The van der Waals surface area contributed by atoms with Crippen LogP contribution in [0.1, 0.15) is 19.8 Å². The lowest BCUT2D eigenvalue weighted by molar-refractivity contribution is 0.308. The van der Waals surface area contributed by atoms with Crippen molar-refractivity contribution in [1.82, 2.24) is 4.98 Å². The molecule has 4 nitrogen and oxygen atoms in total. The zero-order valence-electron chi connectivity index (χ0n) is 9.16. The fraction of sp³-hybridized carbons (Fsp3) is 0.545. The van der Waals surface area contributed by atoms with Crippen LogP contribution in [-0.2, 0) is 0 Å². The molecule has 1 heterocycles. The summed E-state index contributed by atoms with van der Waals surface area (Å²) in [7, 11) is 1.58. The molecule has 1 saturated carbocycles. The van der Waals surface area contributed by atoms with Gasteiger partial charge in [0.15, 0.2) is 0 Å². The number of methoxy groups -OCH3 is 1. The van der Waals surface area contributed by atoms with E-state index in [9.17, 15) is 0 Å². The van der Waals surface area contributed by atoms with E-state index < -0.39 is 0 Å². The Balaban J connectivity index is 2.02. The molecule has 0 aliphatic heterocycles. The number of rotatable bonds is 3. The van der Waals surface area contributed by atoms with Gasteiger partial charge in [0, 0.05) is 6.04 Å². The molecule has 4 heteroatoms. The first-order chi connectivity index (χ1) is 7.19. The normalized spacial score (nSPS) is 24.4. The number of ether oxygens (including phenoxy) is 1. The van der Waals surface area contributed by atoms with Gasteiger partial charge in [-0.15, -0.1) is 0 Å². The standard InChI is InChI=1S/C11H17N3O/c1-7-5-8(6-7)13-10-4-3-9(12)11(14-10)15-2/h3-4,7-8H,5-6,12H2,1-2H3,(H,13,14). The predicted octanol–water partition coefficient (Wildman–Crippen LogP) is 1.88. The van der Waals surface area contributed by atoms with Crippen molar-refractivity contribution in [2.75, 3.05) is 18.2 Å². The number of nitrogens with zero attached hydrogens (tertiary/aromatic N) is 1. The minimum Gasteiger partial charge on any atom is -0.479 e. The van der Waals surface area contributed by atoms with Crippen LogP contribution in [0.2, 0.25) is 0 Å². The Morgan fingerprint density at radius 2 is 2.20 bits per heavy atom. The van der Waals surface area contributed by atoms with E-state index >= 15 is 0 Å². The molecule has 0 bridgehead atoms. The van der Waals surface area contributed by atoms with Crippen molar-refractivity contribution in [3.8, 4) is 5.88 Å². The minimum atomic E-state index is 0.493. The first-order valence-corrected chi connectivity index (χ1v) is 5.26. The molecule has 1 fully saturated rings.